The molecule has 7 nitrogen and oxygen atoms in total. The van der Waals surface area contributed by atoms with Crippen molar-refractivity contribution in [1.29, 1.82) is 10.8 Å². The molecule has 0 aromatic heterocycles. The number of rotatable bonds is 5. The van der Waals surface area contributed by atoms with Crippen LogP contribution in [0, 0.1) is 10.8 Å². The Morgan fingerprint density at radius 1 is 0.677 bits per heavy atom. The van der Waals surface area contributed by atoms with E-state index >= 15 is 0 Å². The van der Waals surface area contributed by atoms with Gasteiger partial charge in [0.05, 0.1) is 0 Å². The van der Waals surface area contributed by atoms with Crippen LogP contribution in [0.25, 0.3) is 0 Å². The molecular formula is C21H18F3N5O2. The standard InChI is InChI=1S/C21H18F3N5O2/c22-21(23,24)31-17-11-9-14(10-12-17)27-19(25)29-20(26)28-15-5-4-8-18(13-15)30-16-6-2-1-3-7-16/h1-13H,(H5,25,26,27,28,29). The average Bonchev–Trinajstić information content (AvgIpc) is 2.69. The Morgan fingerprint density at radius 2 is 1.29 bits per heavy atom. The second-order valence-corrected chi connectivity index (χ2v) is 6.14. The van der Waals surface area contributed by atoms with Gasteiger partial charge in [-0.15, -0.1) is 13.2 Å². The summed E-state index contributed by atoms with van der Waals surface area (Å²) in [6, 6.07) is 21.0. The number of benzene rings is 3. The van der Waals surface area contributed by atoms with Crippen LogP contribution in [0.15, 0.2) is 78.9 Å². The molecule has 0 aliphatic heterocycles. The van der Waals surface area contributed by atoms with E-state index in [1.165, 1.54) is 12.1 Å². The fraction of sp³-hybridized carbons (Fsp3) is 0.0476. The first-order chi connectivity index (χ1) is 14.8. The molecule has 160 valence electrons. The molecule has 0 radical (unpaired) electrons. The van der Waals surface area contributed by atoms with Gasteiger partial charge in [-0.1, -0.05) is 24.3 Å². The number of anilines is 2. The van der Waals surface area contributed by atoms with E-state index < -0.39 is 6.36 Å². The van der Waals surface area contributed by atoms with Crippen LogP contribution in [0.1, 0.15) is 0 Å². The molecule has 0 aliphatic carbocycles. The van der Waals surface area contributed by atoms with Crippen LogP contribution >= 0.6 is 0 Å². The van der Waals surface area contributed by atoms with Crippen molar-refractivity contribution in [3.63, 3.8) is 0 Å². The zero-order chi connectivity index (χ0) is 22.3. The molecule has 3 aromatic carbocycles. The van der Waals surface area contributed by atoms with Crippen LogP contribution < -0.4 is 25.4 Å². The van der Waals surface area contributed by atoms with Crippen molar-refractivity contribution >= 4 is 23.3 Å². The van der Waals surface area contributed by atoms with Gasteiger partial charge in [-0.05, 0) is 48.5 Å². The summed E-state index contributed by atoms with van der Waals surface area (Å²) >= 11 is 0. The molecule has 0 fully saturated rings. The molecule has 0 spiro atoms. The molecule has 0 atom stereocenters. The van der Waals surface area contributed by atoms with Crippen molar-refractivity contribution in [2.75, 3.05) is 10.6 Å². The van der Waals surface area contributed by atoms with E-state index in [1.807, 2.05) is 30.3 Å². The summed E-state index contributed by atoms with van der Waals surface area (Å²) in [4.78, 5) is 0. The van der Waals surface area contributed by atoms with E-state index in [9.17, 15) is 13.2 Å². The number of nitrogens with one attached hydrogen (secondary N) is 5. The largest absolute Gasteiger partial charge is 0.573 e. The first-order valence-corrected chi connectivity index (χ1v) is 8.94. The van der Waals surface area contributed by atoms with Crippen molar-refractivity contribution in [2.45, 2.75) is 6.36 Å². The van der Waals surface area contributed by atoms with E-state index in [1.54, 1.807) is 24.3 Å². The lowest BCUT2D eigenvalue weighted by Crippen LogP contribution is -2.38. The lowest BCUT2D eigenvalue weighted by atomic mass is 10.3. The van der Waals surface area contributed by atoms with Crippen LogP contribution in [-0.2, 0) is 0 Å². The number of hydrogen-bond donors (Lipinski definition) is 5. The van der Waals surface area contributed by atoms with Crippen molar-refractivity contribution < 1.29 is 22.6 Å². The Kier molecular flexibility index (Phi) is 6.61. The maximum Gasteiger partial charge on any atom is 0.573 e. The van der Waals surface area contributed by atoms with Crippen LogP contribution in [0.5, 0.6) is 17.2 Å². The Morgan fingerprint density at radius 3 is 1.94 bits per heavy atom. The van der Waals surface area contributed by atoms with Crippen LogP contribution in [0.2, 0.25) is 0 Å². The molecule has 0 amide bonds. The number of para-hydroxylation sites is 1. The Bertz CT molecular complexity index is 1040. The van der Waals surface area contributed by atoms with Crippen molar-refractivity contribution in [1.82, 2.24) is 5.32 Å². The van der Waals surface area contributed by atoms with Gasteiger partial charge in [0, 0.05) is 17.4 Å². The number of ether oxygens (including phenoxy) is 2. The maximum atomic E-state index is 12.2. The second-order valence-electron chi connectivity index (χ2n) is 6.14. The molecule has 31 heavy (non-hydrogen) atoms. The molecule has 0 heterocycles. The SMILES string of the molecule is N=C(NC(=N)Nc1cccc(Oc2ccccc2)c1)Nc1ccc(OC(F)(F)F)cc1. The minimum absolute atomic E-state index is 0.189. The van der Waals surface area contributed by atoms with E-state index in [0.29, 0.717) is 22.9 Å². The van der Waals surface area contributed by atoms with Crippen molar-refractivity contribution in [3.05, 3.63) is 78.9 Å². The molecule has 3 aromatic rings. The molecule has 0 unspecified atom stereocenters. The normalized spacial score (nSPS) is 10.7. The third-order valence-corrected chi connectivity index (χ3v) is 3.69. The molecule has 3 rings (SSSR count). The van der Waals surface area contributed by atoms with Gasteiger partial charge in [-0.25, -0.2) is 0 Å². The highest BCUT2D eigenvalue weighted by molar-refractivity contribution is 6.07. The first-order valence-electron chi connectivity index (χ1n) is 8.94. The molecule has 0 saturated heterocycles. The fourth-order valence-electron chi connectivity index (χ4n) is 2.48. The summed E-state index contributed by atoms with van der Waals surface area (Å²) in [5, 5.41) is 23.7. The quantitative estimate of drug-likeness (QED) is 0.278. The van der Waals surface area contributed by atoms with Gasteiger partial charge in [0.2, 0.25) is 0 Å². The smallest absolute Gasteiger partial charge is 0.457 e. The van der Waals surface area contributed by atoms with Crippen molar-refractivity contribution in [2.24, 2.45) is 0 Å². The van der Waals surface area contributed by atoms with Crippen LogP contribution in [0.3, 0.4) is 0 Å². The van der Waals surface area contributed by atoms with E-state index in [-0.39, 0.29) is 17.7 Å². The molecular weight excluding hydrogens is 411 g/mol. The Labute approximate surface area is 175 Å². The lowest BCUT2D eigenvalue weighted by molar-refractivity contribution is -0.274. The number of guanidine groups is 2. The van der Waals surface area contributed by atoms with E-state index in [2.05, 4.69) is 20.7 Å². The highest BCUT2D eigenvalue weighted by atomic mass is 19.4. The maximum absolute atomic E-state index is 12.2. The summed E-state index contributed by atoms with van der Waals surface area (Å²) in [5.74, 6) is 0.429. The van der Waals surface area contributed by atoms with Crippen LogP contribution in [-0.4, -0.2) is 18.3 Å². The highest BCUT2D eigenvalue weighted by Crippen LogP contribution is 2.25. The third kappa shape index (κ3) is 7.28. The number of halogens is 3. The summed E-state index contributed by atoms with van der Waals surface area (Å²) in [5.41, 5.74) is 0.908. The predicted molar refractivity (Wildman–Crippen MR) is 112 cm³/mol. The van der Waals surface area contributed by atoms with E-state index in [0.717, 1.165) is 12.1 Å². The molecule has 10 heteroatoms. The monoisotopic (exact) mass is 429 g/mol. The van der Waals surface area contributed by atoms with Gasteiger partial charge in [0.25, 0.3) is 0 Å². The average molecular weight is 429 g/mol. The van der Waals surface area contributed by atoms with Crippen molar-refractivity contribution in [3.8, 4) is 17.2 Å². The van der Waals surface area contributed by atoms with Gasteiger partial charge < -0.3 is 20.1 Å². The summed E-state index contributed by atoms with van der Waals surface area (Å²) in [6.07, 6.45) is -4.77. The molecule has 5 N–H and O–H groups in total. The molecule has 0 saturated carbocycles. The molecule has 0 bridgehead atoms. The summed E-state index contributed by atoms with van der Waals surface area (Å²) in [7, 11) is 0. The van der Waals surface area contributed by atoms with Gasteiger partial charge >= 0.3 is 6.36 Å². The Hall–Kier alpha value is -4.21. The summed E-state index contributed by atoms with van der Waals surface area (Å²) < 4.78 is 46.1. The number of alkyl halides is 3. The van der Waals surface area contributed by atoms with Gasteiger partial charge in [0.1, 0.15) is 17.2 Å². The van der Waals surface area contributed by atoms with Gasteiger partial charge in [-0.2, -0.15) is 0 Å². The van der Waals surface area contributed by atoms with Gasteiger partial charge in [-0.3, -0.25) is 16.1 Å². The predicted octanol–water partition coefficient (Wildman–Crippen LogP) is 5.36. The zero-order valence-electron chi connectivity index (χ0n) is 16.0. The fourth-order valence-corrected chi connectivity index (χ4v) is 2.48. The first kappa shape index (κ1) is 21.5. The second kappa shape index (κ2) is 9.53. The summed E-state index contributed by atoms with van der Waals surface area (Å²) in [6.45, 7) is 0. The minimum Gasteiger partial charge on any atom is -0.457 e. The minimum atomic E-state index is -4.77. The third-order valence-electron chi connectivity index (χ3n) is 3.69. The Balaban J connectivity index is 1.51. The van der Waals surface area contributed by atoms with Gasteiger partial charge in [0.15, 0.2) is 11.9 Å². The zero-order valence-corrected chi connectivity index (χ0v) is 16.0. The van der Waals surface area contributed by atoms with E-state index in [4.69, 9.17) is 15.6 Å². The highest BCUT2D eigenvalue weighted by Gasteiger charge is 2.30. The topological polar surface area (TPSA) is 102 Å². The lowest BCUT2D eigenvalue weighted by Gasteiger charge is -2.14. The number of hydrogen-bond acceptors (Lipinski definition) is 4. The van der Waals surface area contributed by atoms with Crippen LogP contribution in [0.4, 0.5) is 24.5 Å². The molecule has 0 aliphatic rings.